The highest BCUT2D eigenvalue weighted by molar-refractivity contribution is 7.11. The summed E-state index contributed by atoms with van der Waals surface area (Å²) in [5.74, 6) is 0.746. The minimum absolute atomic E-state index is 0.483. The van der Waals surface area contributed by atoms with E-state index < -0.39 is 0 Å². The normalized spacial score (nSPS) is 10.4. The molecule has 0 aliphatic heterocycles. The Balaban J connectivity index is 1.94. The van der Waals surface area contributed by atoms with E-state index in [-0.39, 0.29) is 0 Å². The number of thiophene rings is 1. The summed E-state index contributed by atoms with van der Waals surface area (Å²) in [5.41, 5.74) is 0. The van der Waals surface area contributed by atoms with Gasteiger partial charge in [0.2, 0.25) is 0 Å². The van der Waals surface area contributed by atoms with Crippen LogP contribution in [0.5, 0.6) is 5.75 Å². The first-order chi connectivity index (χ1) is 7.78. The van der Waals surface area contributed by atoms with Gasteiger partial charge >= 0.3 is 0 Å². The lowest BCUT2D eigenvalue weighted by Gasteiger charge is -2.03. The monoisotopic (exact) mass is 253 g/mol. The Labute approximate surface area is 104 Å². The van der Waals surface area contributed by atoms with Crippen molar-refractivity contribution < 1.29 is 4.74 Å². The fourth-order valence-electron chi connectivity index (χ4n) is 1.29. The van der Waals surface area contributed by atoms with Crippen molar-refractivity contribution in [3.63, 3.8) is 0 Å². The molecule has 0 atom stereocenters. The molecule has 0 saturated heterocycles. The van der Waals surface area contributed by atoms with Crippen molar-refractivity contribution in [2.75, 3.05) is 0 Å². The highest BCUT2D eigenvalue weighted by Gasteiger charge is 2.00. The molecule has 0 unspecified atom stereocenters. The highest BCUT2D eigenvalue weighted by Crippen LogP contribution is 2.19. The predicted molar refractivity (Wildman–Crippen MR) is 67.3 cm³/mol. The van der Waals surface area contributed by atoms with Crippen molar-refractivity contribution in [2.45, 2.75) is 20.0 Å². The van der Waals surface area contributed by atoms with E-state index in [1.807, 2.05) is 6.07 Å². The van der Waals surface area contributed by atoms with E-state index in [4.69, 9.17) is 16.3 Å². The maximum Gasteiger partial charge on any atom is 0.138 e. The van der Waals surface area contributed by atoms with E-state index in [1.165, 1.54) is 9.75 Å². The van der Waals surface area contributed by atoms with Crippen molar-refractivity contribution in [1.82, 2.24) is 4.98 Å². The SMILES string of the molecule is CCc1ccc(COc2ccc(Cl)nc2)s1. The minimum Gasteiger partial charge on any atom is -0.486 e. The number of halogens is 1. The molecule has 0 N–H and O–H groups in total. The molecule has 0 amide bonds. The molecule has 2 heterocycles. The van der Waals surface area contributed by atoms with Crippen LogP contribution in [0.15, 0.2) is 30.5 Å². The standard InChI is InChI=1S/C12H12ClNOS/c1-2-10-4-5-11(16-10)8-15-9-3-6-12(13)14-7-9/h3-7H,2,8H2,1H3. The first-order valence-electron chi connectivity index (χ1n) is 5.10. The first-order valence-corrected chi connectivity index (χ1v) is 6.29. The lowest BCUT2D eigenvalue weighted by molar-refractivity contribution is 0.308. The zero-order valence-electron chi connectivity index (χ0n) is 8.94. The molecular formula is C12H12ClNOS. The summed E-state index contributed by atoms with van der Waals surface area (Å²) in [7, 11) is 0. The second kappa shape index (κ2) is 5.32. The maximum absolute atomic E-state index is 5.69. The summed E-state index contributed by atoms with van der Waals surface area (Å²) in [5, 5.41) is 0.483. The van der Waals surface area contributed by atoms with Crippen LogP contribution in [0.1, 0.15) is 16.7 Å². The molecule has 4 heteroatoms. The molecule has 0 spiro atoms. The quantitative estimate of drug-likeness (QED) is 0.770. The summed E-state index contributed by atoms with van der Waals surface area (Å²) < 4.78 is 5.59. The van der Waals surface area contributed by atoms with Gasteiger partial charge in [0.15, 0.2) is 0 Å². The molecular weight excluding hydrogens is 242 g/mol. The van der Waals surface area contributed by atoms with Crippen molar-refractivity contribution >= 4 is 22.9 Å². The number of nitrogens with zero attached hydrogens (tertiary/aromatic N) is 1. The smallest absolute Gasteiger partial charge is 0.138 e. The molecule has 0 aromatic carbocycles. The Morgan fingerprint density at radius 1 is 1.25 bits per heavy atom. The van der Waals surface area contributed by atoms with Gasteiger partial charge in [0.25, 0.3) is 0 Å². The van der Waals surface area contributed by atoms with Crippen LogP contribution in [-0.2, 0) is 13.0 Å². The van der Waals surface area contributed by atoms with Gasteiger partial charge in [-0.25, -0.2) is 4.98 Å². The molecule has 2 aromatic rings. The zero-order valence-corrected chi connectivity index (χ0v) is 10.5. The molecule has 0 fully saturated rings. The number of aryl methyl sites for hydroxylation is 1. The number of aromatic nitrogens is 1. The first kappa shape index (κ1) is 11.4. The van der Waals surface area contributed by atoms with Gasteiger partial charge in [-0.15, -0.1) is 11.3 Å². The van der Waals surface area contributed by atoms with Crippen LogP contribution in [0.3, 0.4) is 0 Å². The number of pyridine rings is 1. The largest absolute Gasteiger partial charge is 0.486 e. The Morgan fingerprint density at radius 3 is 2.69 bits per heavy atom. The molecule has 2 aromatic heterocycles. The molecule has 0 bridgehead atoms. The number of rotatable bonds is 4. The molecule has 16 heavy (non-hydrogen) atoms. The molecule has 0 aliphatic carbocycles. The van der Waals surface area contributed by atoms with Gasteiger partial charge in [-0.2, -0.15) is 0 Å². The zero-order chi connectivity index (χ0) is 11.4. The van der Waals surface area contributed by atoms with Gasteiger partial charge in [0, 0.05) is 9.75 Å². The van der Waals surface area contributed by atoms with Gasteiger partial charge < -0.3 is 4.74 Å². The number of hydrogen-bond donors (Lipinski definition) is 0. The molecule has 2 nitrogen and oxygen atoms in total. The Morgan fingerprint density at radius 2 is 2.06 bits per heavy atom. The number of ether oxygens (including phenoxy) is 1. The fourth-order valence-corrected chi connectivity index (χ4v) is 2.27. The van der Waals surface area contributed by atoms with Crippen LogP contribution in [0, 0.1) is 0 Å². The van der Waals surface area contributed by atoms with Crippen LogP contribution < -0.4 is 4.74 Å². The second-order valence-electron chi connectivity index (χ2n) is 3.33. The topological polar surface area (TPSA) is 22.1 Å². The third-order valence-corrected chi connectivity index (χ3v) is 3.57. The van der Waals surface area contributed by atoms with Crippen molar-refractivity contribution in [1.29, 1.82) is 0 Å². The Bertz CT molecular complexity index is 452. The van der Waals surface area contributed by atoms with Crippen LogP contribution in [0.2, 0.25) is 5.15 Å². The minimum atomic E-state index is 0.483. The third-order valence-electron chi connectivity index (χ3n) is 2.15. The van der Waals surface area contributed by atoms with Gasteiger partial charge in [0.1, 0.15) is 17.5 Å². The van der Waals surface area contributed by atoms with Crippen LogP contribution >= 0.6 is 22.9 Å². The van der Waals surface area contributed by atoms with E-state index in [9.17, 15) is 0 Å². The van der Waals surface area contributed by atoms with Crippen molar-refractivity contribution in [3.8, 4) is 5.75 Å². The summed E-state index contributed by atoms with van der Waals surface area (Å²) in [6.45, 7) is 2.74. The maximum atomic E-state index is 5.69. The summed E-state index contributed by atoms with van der Waals surface area (Å²) in [6, 6.07) is 7.79. The van der Waals surface area contributed by atoms with E-state index in [0.717, 1.165) is 12.2 Å². The third kappa shape index (κ3) is 2.97. The molecule has 2 rings (SSSR count). The van der Waals surface area contributed by atoms with Crippen LogP contribution in [-0.4, -0.2) is 4.98 Å². The Hall–Kier alpha value is -1.06. The molecule has 0 radical (unpaired) electrons. The second-order valence-corrected chi connectivity index (χ2v) is 4.97. The van der Waals surface area contributed by atoms with Crippen LogP contribution in [0.4, 0.5) is 0 Å². The number of hydrogen-bond acceptors (Lipinski definition) is 3. The summed E-state index contributed by atoms with van der Waals surface area (Å²) >= 11 is 7.47. The lowest BCUT2D eigenvalue weighted by Crippen LogP contribution is -1.92. The van der Waals surface area contributed by atoms with Crippen LogP contribution in [0.25, 0.3) is 0 Å². The van der Waals surface area contributed by atoms with Crippen molar-refractivity contribution in [2.24, 2.45) is 0 Å². The van der Waals surface area contributed by atoms with E-state index in [1.54, 1.807) is 23.6 Å². The van der Waals surface area contributed by atoms with Gasteiger partial charge in [-0.3, -0.25) is 0 Å². The predicted octanol–water partition coefficient (Wildman–Crippen LogP) is 3.94. The average molecular weight is 254 g/mol. The summed E-state index contributed by atoms with van der Waals surface area (Å²) in [6.07, 6.45) is 2.71. The van der Waals surface area contributed by atoms with E-state index in [2.05, 4.69) is 24.0 Å². The molecule has 0 aliphatic rings. The molecule has 0 saturated carbocycles. The van der Waals surface area contributed by atoms with Gasteiger partial charge in [-0.05, 0) is 30.7 Å². The lowest BCUT2D eigenvalue weighted by atomic mass is 10.4. The highest BCUT2D eigenvalue weighted by atomic mass is 35.5. The summed E-state index contributed by atoms with van der Waals surface area (Å²) in [4.78, 5) is 6.57. The van der Waals surface area contributed by atoms with Gasteiger partial charge in [-0.1, -0.05) is 18.5 Å². The van der Waals surface area contributed by atoms with Gasteiger partial charge in [0.05, 0.1) is 6.20 Å². The fraction of sp³-hybridized carbons (Fsp3) is 0.250. The van der Waals surface area contributed by atoms with E-state index in [0.29, 0.717) is 11.8 Å². The Kier molecular flexibility index (Phi) is 3.80. The average Bonchev–Trinajstić information content (AvgIpc) is 2.76. The van der Waals surface area contributed by atoms with Crippen molar-refractivity contribution in [3.05, 3.63) is 45.4 Å². The van der Waals surface area contributed by atoms with E-state index >= 15 is 0 Å². The molecule has 84 valence electrons.